The third kappa shape index (κ3) is 6.18. The second-order valence-corrected chi connectivity index (χ2v) is 18.8. The number of fused-ring (bicyclic) bond motifs is 8. The lowest BCUT2D eigenvalue weighted by Crippen LogP contribution is -2.13. The fourth-order valence-electron chi connectivity index (χ4n) is 9.49. The Morgan fingerprint density at radius 3 is 1.08 bits per heavy atom. The SMILES string of the molecule is CC(C)(C)c1ccc(N(c2ccccc2)c2ccc3cc4c5cccc6c7cc8ccc(N(c9ccccc9)c9ccc(C(C)(C)C)cc9)cc8cc7n(c4cc3c2)c56)cc1. The van der Waals surface area contributed by atoms with Crippen LogP contribution in [0.4, 0.5) is 34.1 Å². The van der Waals surface area contributed by atoms with E-state index in [-0.39, 0.29) is 10.8 Å². The van der Waals surface area contributed by atoms with E-state index >= 15 is 0 Å². The summed E-state index contributed by atoms with van der Waals surface area (Å²) in [6.45, 7) is 13.6. The van der Waals surface area contributed by atoms with Crippen molar-refractivity contribution in [1.82, 2.24) is 4.40 Å². The van der Waals surface area contributed by atoms with Gasteiger partial charge in [0, 0.05) is 55.7 Å². The maximum Gasteiger partial charge on any atom is 0.0620 e. The van der Waals surface area contributed by atoms with Crippen molar-refractivity contribution in [2.75, 3.05) is 9.80 Å². The van der Waals surface area contributed by atoms with Gasteiger partial charge in [0.2, 0.25) is 0 Å². The van der Waals surface area contributed by atoms with Crippen LogP contribution in [-0.4, -0.2) is 4.40 Å². The zero-order valence-corrected chi connectivity index (χ0v) is 35.7. The molecule has 11 rings (SSSR count). The Hall–Kier alpha value is -7.10. The molecule has 0 N–H and O–H groups in total. The molecule has 0 amide bonds. The van der Waals surface area contributed by atoms with Crippen LogP contribution in [0, 0.1) is 0 Å². The van der Waals surface area contributed by atoms with Gasteiger partial charge in [0.05, 0.1) is 16.6 Å². The van der Waals surface area contributed by atoms with Gasteiger partial charge in [-0.15, -0.1) is 0 Å². The van der Waals surface area contributed by atoms with Gasteiger partial charge in [-0.05, 0) is 141 Å². The minimum absolute atomic E-state index is 0.0844. The first-order chi connectivity index (χ1) is 29.5. The Morgan fingerprint density at radius 2 is 0.689 bits per heavy atom. The molecule has 0 aliphatic rings. The molecule has 0 saturated heterocycles. The van der Waals surface area contributed by atoms with Gasteiger partial charge in [-0.2, -0.15) is 0 Å². The van der Waals surface area contributed by atoms with E-state index in [1.54, 1.807) is 0 Å². The van der Waals surface area contributed by atoms with Crippen LogP contribution in [-0.2, 0) is 10.8 Å². The molecule has 2 heterocycles. The van der Waals surface area contributed by atoms with Crippen molar-refractivity contribution in [2.45, 2.75) is 52.4 Å². The molecular formula is C58H49N3. The van der Waals surface area contributed by atoms with E-state index in [1.165, 1.54) is 70.8 Å². The molecule has 0 fully saturated rings. The zero-order valence-electron chi connectivity index (χ0n) is 35.7. The Labute approximate surface area is 358 Å². The van der Waals surface area contributed by atoms with Crippen LogP contribution in [0.25, 0.3) is 59.6 Å². The standard InChI is InChI=1S/C58H49N3/c1-57(2,3)42-22-28-46(29-23-42)59(44-14-9-7-10-15-44)48-26-20-38-34-52-50-18-13-19-51-53-35-39-21-27-49(33-41(39)37-55(53)61(56(50)51)54(52)36-40(38)32-48)60(45-16-11-8-12-17-45)47-30-24-43(25-31-47)58(4,5)6/h7-37H,1-6H3. The van der Waals surface area contributed by atoms with E-state index in [0.29, 0.717) is 0 Å². The Morgan fingerprint density at radius 1 is 0.311 bits per heavy atom. The summed E-state index contributed by atoms with van der Waals surface area (Å²) in [4.78, 5) is 4.75. The summed E-state index contributed by atoms with van der Waals surface area (Å²) in [5.41, 5.74) is 13.4. The average Bonchev–Trinajstić information content (AvgIpc) is 3.76. The maximum atomic E-state index is 2.52. The number of aromatic nitrogens is 1. The van der Waals surface area contributed by atoms with Crippen molar-refractivity contribution in [3.63, 3.8) is 0 Å². The smallest absolute Gasteiger partial charge is 0.0620 e. The Kier molecular flexibility index (Phi) is 8.31. The molecule has 0 bridgehead atoms. The van der Waals surface area contributed by atoms with E-state index in [0.717, 1.165) is 34.1 Å². The molecule has 0 radical (unpaired) electrons. The molecule has 296 valence electrons. The highest BCUT2D eigenvalue weighted by Gasteiger charge is 2.22. The van der Waals surface area contributed by atoms with Gasteiger partial charge >= 0.3 is 0 Å². The summed E-state index contributed by atoms with van der Waals surface area (Å²) < 4.78 is 2.52. The van der Waals surface area contributed by atoms with Gasteiger partial charge < -0.3 is 14.2 Å². The summed E-state index contributed by atoms with van der Waals surface area (Å²) in [6.07, 6.45) is 0. The topological polar surface area (TPSA) is 10.9 Å². The monoisotopic (exact) mass is 787 g/mol. The van der Waals surface area contributed by atoms with Crippen molar-refractivity contribution < 1.29 is 0 Å². The minimum Gasteiger partial charge on any atom is -0.310 e. The fraction of sp³-hybridized carbons (Fsp3) is 0.138. The second kappa shape index (κ2) is 13.7. The molecular weight excluding hydrogens is 739 g/mol. The summed E-state index contributed by atoms with van der Waals surface area (Å²) in [7, 11) is 0. The predicted octanol–water partition coefficient (Wildman–Crippen LogP) is 16.7. The van der Waals surface area contributed by atoms with Gasteiger partial charge in [-0.3, -0.25) is 0 Å². The normalized spacial score (nSPS) is 12.4. The maximum absolute atomic E-state index is 2.52. The summed E-state index contributed by atoms with van der Waals surface area (Å²) in [6, 6.07) is 69.9. The van der Waals surface area contributed by atoms with E-state index in [2.05, 4.69) is 244 Å². The van der Waals surface area contributed by atoms with Gasteiger partial charge in [0.15, 0.2) is 0 Å². The predicted molar refractivity (Wildman–Crippen MR) is 263 cm³/mol. The van der Waals surface area contributed by atoms with Crippen LogP contribution in [0.1, 0.15) is 52.7 Å². The lowest BCUT2D eigenvalue weighted by molar-refractivity contribution is 0.590. The summed E-state index contributed by atoms with van der Waals surface area (Å²) in [5.74, 6) is 0. The molecule has 61 heavy (non-hydrogen) atoms. The molecule has 3 heteroatoms. The van der Waals surface area contributed by atoms with Crippen molar-refractivity contribution in [1.29, 1.82) is 0 Å². The Bertz CT molecular complexity index is 3180. The van der Waals surface area contributed by atoms with E-state index in [1.807, 2.05) is 0 Å². The van der Waals surface area contributed by atoms with Crippen LogP contribution in [0.2, 0.25) is 0 Å². The first-order valence-electron chi connectivity index (χ1n) is 21.5. The average molecular weight is 788 g/mol. The van der Waals surface area contributed by atoms with Gasteiger partial charge in [0.25, 0.3) is 0 Å². The van der Waals surface area contributed by atoms with Crippen molar-refractivity contribution in [2.24, 2.45) is 0 Å². The molecule has 9 aromatic carbocycles. The van der Waals surface area contributed by atoms with Crippen LogP contribution in [0.15, 0.2) is 188 Å². The number of para-hydroxylation sites is 3. The van der Waals surface area contributed by atoms with Crippen LogP contribution in [0.3, 0.4) is 0 Å². The van der Waals surface area contributed by atoms with Gasteiger partial charge in [-0.25, -0.2) is 0 Å². The molecule has 0 aliphatic carbocycles. The largest absolute Gasteiger partial charge is 0.310 e. The highest BCUT2D eigenvalue weighted by Crippen LogP contribution is 2.44. The van der Waals surface area contributed by atoms with Gasteiger partial charge in [0.1, 0.15) is 0 Å². The van der Waals surface area contributed by atoms with Crippen molar-refractivity contribution >= 4 is 93.8 Å². The van der Waals surface area contributed by atoms with E-state index in [4.69, 9.17) is 0 Å². The number of anilines is 6. The van der Waals surface area contributed by atoms with Crippen LogP contribution < -0.4 is 9.80 Å². The molecule has 0 unspecified atom stereocenters. The lowest BCUT2D eigenvalue weighted by Gasteiger charge is -2.27. The first-order valence-corrected chi connectivity index (χ1v) is 21.5. The molecule has 0 spiro atoms. The second-order valence-electron chi connectivity index (χ2n) is 18.8. The highest BCUT2D eigenvalue weighted by atomic mass is 15.1. The number of rotatable bonds is 6. The summed E-state index contributed by atoms with van der Waals surface area (Å²) >= 11 is 0. The minimum atomic E-state index is 0.0844. The zero-order chi connectivity index (χ0) is 41.6. The number of hydrogen-bond donors (Lipinski definition) is 0. The molecule has 2 aromatic heterocycles. The van der Waals surface area contributed by atoms with Crippen molar-refractivity contribution in [3.8, 4) is 0 Å². The number of nitrogens with zero attached hydrogens (tertiary/aromatic N) is 3. The quantitative estimate of drug-likeness (QED) is 0.166. The highest BCUT2D eigenvalue weighted by molar-refractivity contribution is 6.26. The summed E-state index contributed by atoms with van der Waals surface area (Å²) in [5, 5.41) is 10.0. The third-order valence-corrected chi connectivity index (χ3v) is 12.7. The fourth-order valence-corrected chi connectivity index (χ4v) is 9.49. The van der Waals surface area contributed by atoms with E-state index < -0.39 is 0 Å². The molecule has 11 aromatic rings. The number of hydrogen-bond acceptors (Lipinski definition) is 2. The van der Waals surface area contributed by atoms with E-state index in [9.17, 15) is 0 Å². The first kappa shape index (κ1) is 36.9. The van der Waals surface area contributed by atoms with Crippen LogP contribution in [0.5, 0.6) is 0 Å². The Balaban J connectivity index is 1.09. The third-order valence-electron chi connectivity index (χ3n) is 12.7. The molecule has 0 atom stereocenters. The van der Waals surface area contributed by atoms with Gasteiger partial charge in [-0.1, -0.05) is 133 Å². The lowest BCUT2D eigenvalue weighted by atomic mass is 9.87. The van der Waals surface area contributed by atoms with Crippen LogP contribution >= 0.6 is 0 Å². The molecule has 3 nitrogen and oxygen atoms in total. The molecule has 0 aliphatic heterocycles. The molecule has 0 saturated carbocycles. The van der Waals surface area contributed by atoms with Crippen molar-refractivity contribution in [3.05, 3.63) is 199 Å². The number of benzene rings is 9.